The van der Waals surface area contributed by atoms with Crippen molar-refractivity contribution in [2.24, 2.45) is 4.99 Å². The van der Waals surface area contributed by atoms with Gasteiger partial charge in [0.25, 0.3) is 0 Å². The maximum Gasteiger partial charge on any atom is 0.0979 e. The van der Waals surface area contributed by atoms with Gasteiger partial charge in [0.05, 0.1) is 12.6 Å². The summed E-state index contributed by atoms with van der Waals surface area (Å²) in [5.41, 5.74) is 4.56. The van der Waals surface area contributed by atoms with Gasteiger partial charge in [-0.3, -0.25) is 4.99 Å². The largest absolute Gasteiger partial charge is 0.394 e. The summed E-state index contributed by atoms with van der Waals surface area (Å²) in [7, 11) is 0. The highest BCUT2D eigenvalue weighted by molar-refractivity contribution is 5.80. The molecule has 2 rings (SSSR count). The zero-order valence-corrected chi connectivity index (χ0v) is 11.4. The molecular formula is C17H19NO. The van der Waals surface area contributed by atoms with Gasteiger partial charge in [-0.05, 0) is 25.0 Å². The lowest BCUT2D eigenvalue weighted by atomic mass is 10.1. The van der Waals surface area contributed by atoms with Crippen LogP contribution in [-0.2, 0) is 0 Å². The van der Waals surface area contributed by atoms with Crippen molar-refractivity contribution in [2.75, 3.05) is 6.61 Å². The topological polar surface area (TPSA) is 32.6 Å². The molecule has 0 aliphatic heterocycles. The van der Waals surface area contributed by atoms with Crippen LogP contribution in [0.15, 0.2) is 53.5 Å². The minimum Gasteiger partial charge on any atom is -0.394 e. The van der Waals surface area contributed by atoms with Gasteiger partial charge in [-0.25, -0.2) is 0 Å². The maximum absolute atomic E-state index is 9.45. The molecule has 0 amide bonds. The van der Waals surface area contributed by atoms with Crippen molar-refractivity contribution in [1.29, 1.82) is 0 Å². The summed E-state index contributed by atoms with van der Waals surface area (Å²) in [6.45, 7) is 4.17. The molecule has 1 atom stereocenters. The zero-order valence-electron chi connectivity index (χ0n) is 11.4. The van der Waals surface area contributed by atoms with Gasteiger partial charge in [-0.2, -0.15) is 0 Å². The van der Waals surface area contributed by atoms with Crippen LogP contribution in [0.1, 0.15) is 28.3 Å². The van der Waals surface area contributed by atoms with E-state index in [2.05, 4.69) is 37.0 Å². The molecule has 1 N–H and O–H groups in total. The number of aliphatic imine (C=N–C) groups is 1. The van der Waals surface area contributed by atoms with Gasteiger partial charge in [0.1, 0.15) is 0 Å². The number of benzene rings is 2. The van der Waals surface area contributed by atoms with Gasteiger partial charge in [0, 0.05) is 6.21 Å². The van der Waals surface area contributed by atoms with E-state index >= 15 is 0 Å². The fourth-order valence-electron chi connectivity index (χ4n) is 2.17. The van der Waals surface area contributed by atoms with Crippen LogP contribution in [-0.4, -0.2) is 17.9 Å². The average Bonchev–Trinajstić information content (AvgIpc) is 2.39. The average molecular weight is 253 g/mol. The number of rotatable bonds is 4. The molecule has 2 aromatic carbocycles. The molecule has 2 aromatic rings. The Morgan fingerprint density at radius 2 is 1.68 bits per heavy atom. The predicted molar refractivity (Wildman–Crippen MR) is 79.8 cm³/mol. The van der Waals surface area contributed by atoms with Crippen LogP contribution in [0.25, 0.3) is 0 Å². The van der Waals surface area contributed by atoms with E-state index in [4.69, 9.17) is 0 Å². The summed E-state index contributed by atoms with van der Waals surface area (Å²) in [6.07, 6.45) is 1.84. The summed E-state index contributed by atoms with van der Waals surface area (Å²) in [5.74, 6) is 0. The van der Waals surface area contributed by atoms with Gasteiger partial charge in [0.15, 0.2) is 0 Å². The second-order valence-corrected chi connectivity index (χ2v) is 4.81. The first kappa shape index (κ1) is 13.5. The Morgan fingerprint density at radius 1 is 1.05 bits per heavy atom. The SMILES string of the molecule is Cc1cc(C)cc(/C=N/[C@@H](CO)c2ccccc2)c1. The number of aliphatic hydroxyl groups excluding tert-OH is 1. The lowest BCUT2D eigenvalue weighted by Gasteiger charge is -2.09. The monoisotopic (exact) mass is 253 g/mol. The van der Waals surface area contributed by atoms with Crippen molar-refractivity contribution in [1.82, 2.24) is 0 Å². The molecule has 0 spiro atoms. The van der Waals surface area contributed by atoms with E-state index in [1.165, 1.54) is 11.1 Å². The quantitative estimate of drug-likeness (QED) is 0.832. The number of hydrogen-bond acceptors (Lipinski definition) is 2. The van der Waals surface area contributed by atoms with Crippen molar-refractivity contribution in [3.63, 3.8) is 0 Å². The molecule has 0 aliphatic carbocycles. The summed E-state index contributed by atoms with van der Waals surface area (Å²) in [5, 5.41) is 9.45. The standard InChI is InChI=1S/C17H19NO/c1-13-8-14(2)10-15(9-13)11-18-17(12-19)16-6-4-3-5-7-16/h3-11,17,19H,12H2,1-2H3/b18-11+/t17-/m0/s1. The van der Waals surface area contributed by atoms with Gasteiger partial charge >= 0.3 is 0 Å². The molecular weight excluding hydrogens is 234 g/mol. The molecule has 0 aromatic heterocycles. The van der Waals surface area contributed by atoms with E-state index in [1.54, 1.807) is 0 Å². The van der Waals surface area contributed by atoms with E-state index < -0.39 is 0 Å². The first-order chi connectivity index (χ1) is 9.19. The first-order valence-electron chi connectivity index (χ1n) is 6.46. The highest BCUT2D eigenvalue weighted by atomic mass is 16.3. The number of aliphatic hydroxyl groups is 1. The molecule has 0 bridgehead atoms. The molecule has 0 saturated heterocycles. The van der Waals surface area contributed by atoms with Crippen LogP contribution >= 0.6 is 0 Å². The van der Waals surface area contributed by atoms with E-state index in [1.807, 2.05) is 36.5 Å². The molecule has 19 heavy (non-hydrogen) atoms. The Kier molecular flexibility index (Phi) is 4.48. The molecule has 0 radical (unpaired) electrons. The Balaban J connectivity index is 2.20. The molecule has 0 heterocycles. The molecule has 2 nitrogen and oxygen atoms in total. The van der Waals surface area contributed by atoms with Crippen LogP contribution in [0, 0.1) is 13.8 Å². The van der Waals surface area contributed by atoms with Gasteiger partial charge in [0.2, 0.25) is 0 Å². The molecule has 0 unspecified atom stereocenters. The fraction of sp³-hybridized carbons (Fsp3) is 0.235. The normalized spacial score (nSPS) is 12.8. The molecule has 0 aliphatic rings. The van der Waals surface area contributed by atoms with Crippen LogP contribution in [0.4, 0.5) is 0 Å². The summed E-state index contributed by atoms with van der Waals surface area (Å²) >= 11 is 0. The Hall–Kier alpha value is -1.93. The van der Waals surface area contributed by atoms with Gasteiger partial charge < -0.3 is 5.11 Å². The van der Waals surface area contributed by atoms with E-state index in [9.17, 15) is 5.11 Å². The number of aryl methyl sites for hydroxylation is 2. The van der Waals surface area contributed by atoms with Gasteiger partial charge in [-0.15, -0.1) is 0 Å². The smallest absolute Gasteiger partial charge is 0.0979 e. The fourth-order valence-corrected chi connectivity index (χ4v) is 2.17. The van der Waals surface area contributed by atoms with E-state index in [-0.39, 0.29) is 12.6 Å². The van der Waals surface area contributed by atoms with Crippen LogP contribution in [0.2, 0.25) is 0 Å². The number of nitrogens with zero attached hydrogens (tertiary/aromatic N) is 1. The lowest BCUT2D eigenvalue weighted by Crippen LogP contribution is -2.01. The highest BCUT2D eigenvalue weighted by Crippen LogP contribution is 2.16. The highest BCUT2D eigenvalue weighted by Gasteiger charge is 2.06. The first-order valence-corrected chi connectivity index (χ1v) is 6.46. The molecule has 0 saturated carbocycles. The Labute approximate surface area is 114 Å². The van der Waals surface area contributed by atoms with Gasteiger partial charge in [-0.1, -0.05) is 59.7 Å². The van der Waals surface area contributed by atoms with Crippen molar-refractivity contribution >= 4 is 6.21 Å². The second kappa shape index (κ2) is 6.30. The minimum absolute atomic E-state index is 0.0192. The minimum atomic E-state index is -0.193. The molecule has 2 heteroatoms. The van der Waals surface area contributed by atoms with Crippen LogP contribution in [0.5, 0.6) is 0 Å². The number of hydrogen-bond donors (Lipinski definition) is 1. The summed E-state index contributed by atoms with van der Waals surface area (Å²) < 4.78 is 0. The van der Waals surface area contributed by atoms with E-state index in [0.717, 1.165) is 11.1 Å². The third-order valence-corrected chi connectivity index (χ3v) is 3.00. The maximum atomic E-state index is 9.45. The molecule has 98 valence electrons. The zero-order chi connectivity index (χ0) is 13.7. The Morgan fingerprint density at radius 3 is 2.26 bits per heavy atom. The van der Waals surface area contributed by atoms with Crippen molar-refractivity contribution < 1.29 is 5.11 Å². The van der Waals surface area contributed by atoms with Crippen molar-refractivity contribution in [2.45, 2.75) is 19.9 Å². The van der Waals surface area contributed by atoms with Crippen molar-refractivity contribution in [3.05, 3.63) is 70.8 Å². The van der Waals surface area contributed by atoms with E-state index in [0.29, 0.717) is 0 Å². The lowest BCUT2D eigenvalue weighted by molar-refractivity contribution is 0.269. The van der Waals surface area contributed by atoms with Crippen LogP contribution in [0.3, 0.4) is 0 Å². The second-order valence-electron chi connectivity index (χ2n) is 4.81. The predicted octanol–water partition coefficient (Wildman–Crippen LogP) is 3.46. The summed E-state index contributed by atoms with van der Waals surface area (Å²) in [6, 6.07) is 16.0. The van der Waals surface area contributed by atoms with Crippen molar-refractivity contribution in [3.8, 4) is 0 Å². The third-order valence-electron chi connectivity index (χ3n) is 3.00. The summed E-state index contributed by atoms with van der Waals surface area (Å²) in [4.78, 5) is 4.49. The Bertz CT molecular complexity index is 540. The van der Waals surface area contributed by atoms with Crippen LogP contribution < -0.4 is 0 Å². The third kappa shape index (κ3) is 3.76. The molecule has 0 fully saturated rings.